The minimum Gasteiger partial charge on any atom is -0.352 e. The van der Waals surface area contributed by atoms with Crippen LogP contribution in [0.4, 0.5) is 0 Å². The fraction of sp³-hybridized carbons (Fsp3) is 0.190. The largest absolute Gasteiger partial charge is 0.352 e. The Labute approximate surface area is 170 Å². The Balaban J connectivity index is 1.49. The molecule has 0 spiro atoms. The van der Waals surface area contributed by atoms with Gasteiger partial charge in [0, 0.05) is 43.7 Å². The third-order valence-corrected chi connectivity index (χ3v) is 5.69. The summed E-state index contributed by atoms with van der Waals surface area (Å²) in [4.78, 5) is 20.6. The average Bonchev–Trinajstić information content (AvgIpc) is 2.73. The van der Waals surface area contributed by atoms with Crippen molar-refractivity contribution in [3.05, 3.63) is 78.2 Å². The zero-order valence-corrected chi connectivity index (χ0v) is 16.8. The summed E-state index contributed by atoms with van der Waals surface area (Å²) in [6.45, 7) is 2.19. The fourth-order valence-electron chi connectivity index (χ4n) is 2.72. The van der Waals surface area contributed by atoms with Crippen LogP contribution in [0.15, 0.2) is 72.0 Å². The molecule has 3 aromatic rings. The number of benzene rings is 1. The summed E-state index contributed by atoms with van der Waals surface area (Å²) in [5.74, 6) is -0.237. The summed E-state index contributed by atoms with van der Waals surface area (Å²) in [6.07, 6.45) is 5.13. The molecule has 2 heterocycles. The lowest BCUT2D eigenvalue weighted by Gasteiger charge is -2.09. The molecule has 1 aromatic carbocycles. The first-order valence-electron chi connectivity index (χ1n) is 9.12. The van der Waals surface area contributed by atoms with E-state index in [2.05, 4.69) is 20.0 Å². The van der Waals surface area contributed by atoms with E-state index < -0.39 is 10.0 Å². The molecule has 2 N–H and O–H groups in total. The van der Waals surface area contributed by atoms with E-state index in [0.717, 1.165) is 22.4 Å². The van der Waals surface area contributed by atoms with Crippen molar-refractivity contribution < 1.29 is 13.2 Å². The molecule has 7 nitrogen and oxygen atoms in total. The van der Waals surface area contributed by atoms with Gasteiger partial charge in [-0.2, -0.15) is 0 Å². The Kier molecular flexibility index (Phi) is 6.69. The molecule has 0 saturated heterocycles. The average molecular weight is 410 g/mol. The molecule has 0 bridgehead atoms. The van der Waals surface area contributed by atoms with Gasteiger partial charge in [-0.05, 0) is 54.4 Å². The number of sulfonamides is 1. The second kappa shape index (κ2) is 9.40. The lowest BCUT2D eigenvalue weighted by atomic mass is 10.1. The van der Waals surface area contributed by atoms with Gasteiger partial charge in [0.25, 0.3) is 0 Å². The third-order valence-electron chi connectivity index (χ3n) is 4.23. The normalized spacial score (nSPS) is 11.2. The third kappa shape index (κ3) is 5.94. The van der Waals surface area contributed by atoms with Crippen LogP contribution >= 0.6 is 0 Å². The van der Waals surface area contributed by atoms with Crippen molar-refractivity contribution in [2.45, 2.75) is 24.8 Å². The van der Waals surface area contributed by atoms with E-state index in [9.17, 15) is 13.2 Å². The SMILES string of the molecule is Cc1cccc(S(=O)(=O)NCCC(=O)NCc2ccnc(-c3ccncc3)c2)c1. The molecule has 29 heavy (non-hydrogen) atoms. The van der Waals surface area contributed by atoms with Crippen LogP contribution < -0.4 is 10.0 Å². The number of rotatable bonds is 8. The van der Waals surface area contributed by atoms with Gasteiger partial charge in [-0.1, -0.05) is 12.1 Å². The van der Waals surface area contributed by atoms with Crippen LogP contribution in [0.2, 0.25) is 0 Å². The first-order valence-corrected chi connectivity index (χ1v) is 10.6. The van der Waals surface area contributed by atoms with Crippen LogP contribution in [-0.2, 0) is 21.4 Å². The molecule has 0 aliphatic heterocycles. The van der Waals surface area contributed by atoms with Crippen molar-refractivity contribution in [1.29, 1.82) is 0 Å². The van der Waals surface area contributed by atoms with Crippen molar-refractivity contribution in [2.75, 3.05) is 6.54 Å². The van der Waals surface area contributed by atoms with Crippen molar-refractivity contribution >= 4 is 15.9 Å². The Morgan fingerprint density at radius 3 is 2.59 bits per heavy atom. The summed E-state index contributed by atoms with van der Waals surface area (Å²) in [6, 6.07) is 14.1. The number of pyridine rings is 2. The van der Waals surface area contributed by atoms with E-state index >= 15 is 0 Å². The number of hydrogen-bond donors (Lipinski definition) is 2. The maximum atomic E-state index is 12.3. The van der Waals surface area contributed by atoms with Gasteiger partial charge in [0.2, 0.25) is 15.9 Å². The second-order valence-corrected chi connectivity index (χ2v) is 8.29. The molecule has 0 aliphatic rings. The summed E-state index contributed by atoms with van der Waals surface area (Å²) in [5.41, 5.74) is 3.50. The first kappa shape index (κ1) is 20.6. The second-order valence-electron chi connectivity index (χ2n) is 6.53. The summed E-state index contributed by atoms with van der Waals surface area (Å²) >= 11 is 0. The number of nitrogens with one attached hydrogen (secondary N) is 2. The van der Waals surface area contributed by atoms with Gasteiger partial charge in [0.1, 0.15) is 0 Å². The molecule has 0 fully saturated rings. The van der Waals surface area contributed by atoms with E-state index in [4.69, 9.17) is 0 Å². The Morgan fingerprint density at radius 2 is 1.83 bits per heavy atom. The summed E-state index contributed by atoms with van der Waals surface area (Å²) < 4.78 is 27.0. The molecule has 3 rings (SSSR count). The highest BCUT2D eigenvalue weighted by molar-refractivity contribution is 7.89. The number of nitrogens with zero attached hydrogens (tertiary/aromatic N) is 2. The topological polar surface area (TPSA) is 101 Å². The summed E-state index contributed by atoms with van der Waals surface area (Å²) in [5, 5.41) is 2.80. The standard InChI is InChI=1S/C21H22N4O3S/c1-16-3-2-4-19(13-16)29(27,28)25-12-8-21(26)24-15-17-5-11-23-20(14-17)18-6-9-22-10-7-18/h2-7,9-11,13-14,25H,8,12,15H2,1H3,(H,24,26). The summed E-state index contributed by atoms with van der Waals surface area (Å²) in [7, 11) is -3.63. The Hall–Kier alpha value is -3.10. The quantitative estimate of drug-likeness (QED) is 0.594. The highest BCUT2D eigenvalue weighted by Crippen LogP contribution is 2.16. The van der Waals surface area contributed by atoms with E-state index in [-0.39, 0.29) is 23.8 Å². The van der Waals surface area contributed by atoms with Crippen molar-refractivity contribution in [3.8, 4) is 11.3 Å². The fourth-order valence-corrected chi connectivity index (χ4v) is 3.85. The Bertz CT molecular complexity index is 1090. The zero-order chi connectivity index (χ0) is 20.7. The molecule has 0 atom stereocenters. The monoisotopic (exact) mass is 410 g/mol. The number of hydrogen-bond acceptors (Lipinski definition) is 5. The number of aryl methyl sites for hydroxylation is 1. The molecule has 0 radical (unpaired) electrons. The number of carbonyl (C=O) groups excluding carboxylic acids is 1. The molecular formula is C21H22N4O3S. The van der Waals surface area contributed by atoms with Crippen LogP contribution in [0.1, 0.15) is 17.5 Å². The van der Waals surface area contributed by atoms with Gasteiger partial charge in [-0.15, -0.1) is 0 Å². The lowest BCUT2D eigenvalue weighted by molar-refractivity contribution is -0.121. The van der Waals surface area contributed by atoms with Gasteiger partial charge < -0.3 is 5.32 Å². The van der Waals surface area contributed by atoms with E-state index in [1.807, 2.05) is 37.3 Å². The molecule has 0 unspecified atom stereocenters. The highest BCUT2D eigenvalue weighted by atomic mass is 32.2. The minimum atomic E-state index is -3.63. The van der Waals surface area contributed by atoms with Crippen LogP contribution in [0.3, 0.4) is 0 Å². The van der Waals surface area contributed by atoms with Crippen LogP contribution in [0, 0.1) is 6.92 Å². The molecule has 150 valence electrons. The first-order chi connectivity index (χ1) is 13.9. The minimum absolute atomic E-state index is 0.0285. The Morgan fingerprint density at radius 1 is 1.03 bits per heavy atom. The van der Waals surface area contributed by atoms with Gasteiger partial charge in [0.05, 0.1) is 10.6 Å². The molecule has 0 aliphatic carbocycles. The van der Waals surface area contributed by atoms with Crippen LogP contribution in [0.5, 0.6) is 0 Å². The molecule has 0 saturated carbocycles. The van der Waals surface area contributed by atoms with Crippen molar-refractivity contribution in [3.63, 3.8) is 0 Å². The smallest absolute Gasteiger partial charge is 0.240 e. The molecule has 2 aromatic heterocycles. The molecule has 1 amide bonds. The molecular weight excluding hydrogens is 388 g/mol. The van der Waals surface area contributed by atoms with Gasteiger partial charge in [0.15, 0.2) is 0 Å². The van der Waals surface area contributed by atoms with Crippen molar-refractivity contribution in [2.24, 2.45) is 0 Å². The van der Waals surface area contributed by atoms with Crippen LogP contribution in [-0.4, -0.2) is 30.8 Å². The van der Waals surface area contributed by atoms with E-state index in [0.29, 0.717) is 6.54 Å². The van der Waals surface area contributed by atoms with Gasteiger partial charge in [-0.25, -0.2) is 13.1 Å². The predicted octanol–water partition coefficient (Wildman–Crippen LogP) is 2.44. The maximum Gasteiger partial charge on any atom is 0.240 e. The molecule has 8 heteroatoms. The van der Waals surface area contributed by atoms with Gasteiger partial charge >= 0.3 is 0 Å². The zero-order valence-electron chi connectivity index (χ0n) is 16.0. The predicted molar refractivity (Wildman–Crippen MR) is 110 cm³/mol. The van der Waals surface area contributed by atoms with E-state index in [1.54, 1.807) is 30.7 Å². The van der Waals surface area contributed by atoms with Crippen LogP contribution in [0.25, 0.3) is 11.3 Å². The highest BCUT2D eigenvalue weighted by Gasteiger charge is 2.14. The maximum absolute atomic E-state index is 12.3. The van der Waals surface area contributed by atoms with E-state index in [1.165, 1.54) is 6.07 Å². The number of carbonyl (C=O) groups is 1. The number of amides is 1. The number of aromatic nitrogens is 2. The van der Waals surface area contributed by atoms with Gasteiger partial charge in [-0.3, -0.25) is 14.8 Å². The lowest BCUT2D eigenvalue weighted by Crippen LogP contribution is -2.30. The van der Waals surface area contributed by atoms with Crippen molar-refractivity contribution in [1.82, 2.24) is 20.0 Å².